The van der Waals surface area contributed by atoms with E-state index >= 15 is 0 Å². The van der Waals surface area contributed by atoms with Crippen LogP contribution in [0.2, 0.25) is 0 Å². The van der Waals surface area contributed by atoms with Gasteiger partial charge in [-0.25, -0.2) is 5.84 Å². The molecule has 5 heteroatoms. The molecule has 0 atom stereocenters. The summed E-state index contributed by atoms with van der Waals surface area (Å²) in [6, 6.07) is 0. The van der Waals surface area contributed by atoms with E-state index in [0.29, 0.717) is 6.42 Å². The van der Waals surface area contributed by atoms with Gasteiger partial charge in [-0.3, -0.25) is 21.5 Å². The van der Waals surface area contributed by atoms with Crippen LogP contribution < -0.4 is 22.5 Å². The predicted molar refractivity (Wildman–Crippen MR) is 43.0 cm³/mol. The van der Waals surface area contributed by atoms with Gasteiger partial charge in [-0.05, 0) is 12.8 Å². The Bertz CT molecular complexity index is 107. The zero-order valence-electron chi connectivity index (χ0n) is 6.60. The van der Waals surface area contributed by atoms with E-state index in [2.05, 4.69) is 10.9 Å². The van der Waals surface area contributed by atoms with Crippen molar-refractivity contribution in [2.75, 3.05) is 6.54 Å². The van der Waals surface area contributed by atoms with Gasteiger partial charge in [0, 0.05) is 13.0 Å². The van der Waals surface area contributed by atoms with Crippen LogP contribution in [0.3, 0.4) is 0 Å². The Morgan fingerprint density at radius 2 is 1.91 bits per heavy atom. The summed E-state index contributed by atoms with van der Waals surface area (Å²) in [7, 11) is 0. The molecule has 0 aromatic carbocycles. The van der Waals surface area contributed by atoms with Crippen LogP contribution in [-0.4, -0.2) is 12.5 Å². The van der Waals surface area contributed by atoms with E-state index in [1.165, 1.54) is 0 Å². The molecule has 0 saturated heterocycles. The molecular weight excluding hydrogens is 144 g/mol. The fourth-order valence-electron chi connectivity index (χ4n) is 0.762. The number of hydrogen-bond donors (Lipinski definition) is 4. The molecule has 1 amide bonds. The van der Waals surface area contributed by atoms with Gasteiger partial charge in [-0.2, -0.15) is 0 Å². The largest absolute Gasteiger partial charge is 0.294 e. The van der Waals surface area contributed by atoms with Crippen molar-refractivity contribution in [3.8, 4) is 0 Å². The van der Waals surface area contributed by atoms with E-state index in [-0.39, 0.29) is 5.91 Å². The number of hydrazine groups is 2. The summed E-state index contributed by atoms with van der Waals surface area (Å²) >= 11 is 0. The molecule has 0 aliphatic carbocycles. The van der Waals surface area contributed by atoms with Crippen LogP contribution in [0.5, 0.6) is 0 Å². The lowest BCUT2D eigenvalue weighted by atomic mass is 10.2. The number of nitrogens with two attached hydrogens (primary N) is 2. The summed E-state index contributed by atoms with van der Waals surface area (Å²) in [6.45, 7) is 0.796. The highest BCUT2D eigenvalue weighted by atomic mass is 16.2. The monoisotopic (exact) mass is 160 g/mol. The van der Waals surface area contributed by atoms with Crippen LogP contribution >= 0.6 is 0 Å². The van der Waals surface area contributed by atoms with Crippen LogP contribution in [0.4, 0.5) is 0 Å². The van der Waals surface area contributed by atoms with Crippen LogP contribution in [-0.2, 0) is 4.79 Å². The molecule has 0 radical (unpaired) electrons. The second-order valence-corrected chi connectivity index (χ2v) is 2.33. The first kappa shape index (κ1) is 10.3. The number of amides is 1. The summed E-state index contributed by atoms with van der Waals surface area (Å²) in [5.74, 6) is 9.82. The molecule has 0 rings (SSSR count). The van der Waals surface area contributed by atoms with Crippen LogP contribution in [0.15, 0.2) is 0 Å². The Balaban J connectivity index is 2.95. The molecule has 0 heterocycles. The summed E-state index contributed by atoms with van der Waals surface area (Å²) in [6.07, 6.45) is 3.36. The Kier molecular flexibility index (Phi) is 7.02. The third-order valence-corrected chi connectivity index (χ3v) is 1.39. The van der Waals surface area contributed by atoms with Gasteiger partial charge in [0.1, 0.15) is 0 Å². The van der Waals surface area contributed by atoms with Gasteiger partial charge in [0.05, 0.1) is 0 Å². The van der Waals surface area contributed by atoms with Gasteiger partial charge in [0.25, 0.3) is 0 Å². The number of nitrogens with one attached hydrogen (secondary N) is 2. The summed E-state index contributed by atoms with van der Waals surface area (Å²) in [5, 5.41) is 0. The minimum atomic E-state index is -0.106. The second-order valence-electron chi connectivity index (χ2n) is 2.33. The SMILES string of the molecule is NNCCCCCC(=O)NN. The van der Waals surface area contributed by atoms with Crippen molar-refractivity contribution in [3.05, 3.63) is 0 Å². The van der Waals surface area contributed by atoms with E-state index < -0.39 is 0 Å². The van der Waals surface area contributed by atoms with Crippen molar-refractivity contribution in [3.63, 3.8) is 0 Å². The van der Waals surface area contributed by atoms with Crippen molar-refractivity contribution in [2.45, 2.75) is 25.7 Å². The van der Waals surface area contributed by atoms with E-state index in [1.54, 1.807) is 0 Å². The quantitative estimate of drug-likeness (QED) is 0.173. The van der Waals surface area contributed by atoms with Gasteiger partial charge in [-0.1, -0.05) is 6.42 Å². The average Bonchev–Trinajstić information content (AvgIpc) is 2.04. The molecule has 0 fully saturated rings. The number of hydrogen-bond acceptors (Lipinski definition) is 4. The lowest BCUT2D eigenvalue weighted by Gasteiger charge is -1.99. The summed E-state index contributed by atoms with van der Waals surface area (Å²) in [5.41, 5.74) is 4.62. The van der Waals surface area contributed by atoms with E-state index in [1.807, 2.05) is 0 Å². The van der Waals surface area contributed by atoms with Gasteiger partial charge in [0.2, 0.25) is 5.91 Å². The molecule has 0 aromatic rings. The summed E-state index contributed by atoms with van der Waals surface area (Å²) < 4.78 is 0. The number of unbranched alkanes of at least 4 members (excludes halogenated alkanes) is 2. The molecule has 0 bridgehead atoms. The van der Waals surface area contributed by atoms with Gasteiger partial charge in [-0.15, -0.1) is 0 Å². The van der Waals surface area contributed by atoms with Crippen molar-refractivity contribution in [2.24, 2.45) is 11.7 Å². The molecule has 5 nitrogen and oxygen atoms in total. The summed E-state index contributed by atoms with van der Waals surface area (Å²) in [4.78, 5) is 10.6. The third kappa shape index (κ3) is 7.24. The van der Waals surface area contributed by atoms with Gasteiger partial charge in [0.15, 0.2) is 0 Å². The lowest BCUT2D eigenvalue weighted by Crippen LogP contribution is -2.29. The Morgan fingerprint density at radius 3 is 2.45 bits per heavy atom. The first-order chi connectivity index (χ1) is 5.31. The molecule has 0 aromatic heterocycles. The van der Waals surface area contributed by atoms with Gasteiger partial charge >= 0.3 is 0 Å². The standard InChI is InChI=1S/C6H16N4O/c7-9-5-3-1-2-4-6(11)10-8/h9H,1-5,7-8H2,(H,10,11). The molecule has 11 heavy (non-hydrogen) atoms. The topological polar surface area (TPSA) is 93.2 Å². The smallest absolute Gasteiger partial charge is 0.233 e. The molecule has 66 valence electrons. The number of carbonyl (C=O) groups excluding carboxylic acids is 1. The lowest BCUT2D eigenvalue weighted by molar-refractivity contribution is -0.121. The van der Waals surface area contributed by atoms with Gasteiger partial charge < -0.3 is 0 Å². The molecule has 0 aliphatic rings. The molecule has 0 aliphatic heterocycles. The highest BCUT2D eigenvalue weighted by molar-refractivity contribution is 5.74. The second kappa shape index (κ2) is 7.46. The number of carbonyl (C=O) groups is 1. The van der Waals surface area contributed by atoms with Crippen LogP contribution in [0.1, 0.15) is 25.7 Å². The number of rotatable bonds is 6. The first-order valence-corrected chi connectivity index (χ1v) is 3.74. The zero-order valence-corrected chi connectivity index (χ0v) is 6.60. The minimum absolute atomic E-state index is 0.106. The average molecular weight is 160 g/mol. The molecule has 6 N–H and O–H groups in total. The molecule has 0 unspecified atom stereocenters. The maximum Gasteiger partial charge on any atom is 0.233 e. The third-order valence-electron chi connectivity index (χ3n) is 1.39. The Hall–Kier alpha value is -0.650. The van der Waals surface area contributed by atoms with Crippen LogP contribution in [0.25, 0.3) is 0 Å². The molecular formula is C6H16N4O. The van der Waals surface area contributed by atoms with E-state index in [4.69, 9.17) is 11.7 Å². The Labute approximate surface area is 66.4 Å². The van der Waals surface area contributed by atoms with Crippen molar-refractivity contribution in [1.29, 1.82) is 0 Å². The predicted octanol–water partition coefficient (Wildman–Crippen LogP) is -1.000. The fourth-order valence-corrected chi connectivity index (χ4v) is 0.762. The molecule has 0 spiro atoms. The normalized spacial score (nSPS) is 9.64. The highest BCUT2D eigenvalue weighted by Gasteiger charge is 1.96. The van der Waals surface area contributed by atoms with Crippen molar-refractivity contribution < 1.29 is 4.79 Å². The van der Waals surface area contributed by atoms with Crippen LogP contribution in [0, 0.1) is 0 Å². The maximum atomic E-state index is 10.6. The molecule has 0 saturated carbocycles. The van der Waals surface area contributed by atoms with E-state index in [9.17, 15) is 4.79 Å². The Morgan fingerprint density at radius 1 is 1.18 bits per heavy atom. The fraction of sp³-hybridized carbons (Fsp3) is 0.833. The first-order valence-electron chi connectivity index (χ1n) is 3.74. The maximum absolute atomic E-state index is 10.6. The van der Waals surface area contributed by atoms with E-state index in [0.717, 1.165) is 25.8 Å². The minimum Gasteiger partial charge on any atom is -0.294 e. The zero-order chi connectivity index (χ0) is 8.53. The van der Waals surface area contributed by atoms with Crippen molar-refractivity contribution >= 4 is 5.91 Å². The van der Waals surface area contributed by atoms with Crippen molar-refractivity contribution in [1.82, 2.24) is 10.9 Å². The highest BCUT2D eigenvalue weighted by Crippen LogP contribution is 1.97.